The second kappa shape index (κ2) is 7.25. The predicted octanol–water partition coefficient (Wildman–Crippen LogP) is 0.884. The van der Waals surface area contributed by atoms with Crippen molar-refractivity contribution in [2.75, 3.05) is 19.9 Å². The largest absolute Gasteiger partial charge is 0.469 e. The molecule has 0 aromatic heterocycles. The number of carbonyl (C=O) groups is 1. The van der Waals surface area contributed by atoms with Gasteiger partial charge < -0.3 is 4.74 Å². The number of esters is 1. The number of rotatable bonds is 7. The van der Waals surface area contributed by atoms with Crippen molar-refractivity contribution < 1.29 is 17.9 Å². The topological polar surface area (TPSA) is 72.5 Å². The van der Waals surface area contributed by atoms with Crippen LogP contribution in [0.4, 0.5) is 0 Å². The summed E-state index contributed by atoms with van der Waals surface area (Å²) in [6.07, 6.45) is 2.78. The van der Waals surface area contributed by atoms with Crippen LogP contribution in [0.25, 0.3) is 0 Å². The minimum Gasteiger partial charge on any atom is -0.469 e. The monoisotopic (exact) mass is 285 g/mol. The Morgan fingerprint density at radius 2 is 1.89 bits per heavy atom. The summed E-state index contributed by atoms with van der Waals surface area (Å²) in [5.41, 5.74) is 1.97. The van der Waals surface area contributed by atoms with Gasteiger partial charge in [0.25, 0.3) is 0 Å². The quantitative estimate of drug-likeness (QED) is 0.596. The molecule has 0 saturated carbocycles. The van der Waals surface area contributed by atoms with Gasteiger partial charge in [-0.3, -0.25) is 4.79 Å². The Morgan fingerprint density at radius 1 is 1.26 bits per heavy atom. The van der Waals surface area contributed by atoms with E-state index < -0.39 is 10.0 Å². The molecule has 5 nitrogen and oxygen atoms in total. The fourth-order valence-electron chi connectivity index (χ4n) is 1.74. The first kappa shape index (κ1) is 15.7. The second-order valence-corrected chi connectivity index (χ2v) is 6.12. The summed E-state index contributed by atoms with van der Waals surface area (Å²) in [6.45, 7) is 0.394. The molecule has 6 heteroatoms. The number of benzene rings is 1. The van der Waals surface area contributed by atoms with Crippen LogP contribution in [0.5, 0.6) is 0 Å². The molecule has 0 unspecified atom stereocenters. The zero-order valence-corrected chi connectivity index (χ0v) is 12.0. The smallest absolute Gasteiger partial charge is 0.309 e. The molecule has 0 bridgehead atoms. The lowest BCUT2D eigenvalue weighted by Crippen LogP contribution is -2.23. The Kier molecular flexibility index (Phi) is 5.98. The van der Waals surface area contributed by atoms with Crippen LogP contribution in [0.15, 0.2) is 24.3 Å². The number of ether oxygens (including phenoxy) is 1. The molecule has 0 spiro atoms. The molecule has 0 fully saturated rings. The first-order valence-electron chi connectivity index (χ1n) is 6.00. The van der Waals surface area contributed by atoms with Crippen molar-refractivity contribution in [3.63, 3.8) is 0 Å². The molecule has 0 amide bonds. The molecule has 0 saturated heterocycles. The van der Waals surface area contributed by atoms with E-state index in [2.05, 4.69) is 9.46 Å². The highest BCUT2D eigenvalue weighted by molar-refractivity contribution is 7.88. The van der Waals surface area contributed by atoms with Crippen molar-refractivity contribution in [2.24, 2.45) is 0 Å². The summed E-state index contributed by atoms with van der Waals surface area (Å²) in [6, 6.07) is 7.60. The number of methoxy groups -OCH3 is 1. The lowest BCUT2D eigenvalue weighted by atomic mass is 10.0. The van der Waals surface area contributed by atoms with Crippen LogP contribution < -0.4 is 4.72 Å². The average Bonchev–Trinajstić information content (AvgIpc) is 2.35. The van der Waals surface area contributed by atoms with Gasteiger partial charge in [0.1, 0.15) is 0 Å². The van der Waals surface area contributed by atoms with Gasteiger partial charge in [-0.25, -0.2) is 13.1 Å². The van der Waals surface area contributed by atoms with E-state index in [0.29, 0.717) is 13.0 Å². The standard InChI is InChI=1S/C13H19NO4S/c1-18-13(15)10-12-7-4-3-6-11(12)8-5-9-14-19(2,16)17/h3-4,6-7,14H,5,8-10H2,1-2H3. The van der Waals surface area contributed by atoms with Gasteiger partial charge in [0.05, 0.1) is 19.8 Å². The Hall–Kier alpha value is -1.40. The predicted molar refractivity (Wildman–Crippen MR) is 73.3 cm³/mol. The Balaban J connectivity index is 2.55. The number of nitrogens with one attached hydrogen (secondary N) is 1. The molecule has 0 aliphatic carbocycles. The van der Waals surface area contributed by atoms with Crippen LogP contribution in [0.1, 0.15) is 17.5 Å². The van der Waals surface area contributed by atoms with Gasteiger partial charge in [-0.05, 0) is 24.0 Å². The zero-order chi connectivity index (χ0) is 14.3. The Bertz CT molecular complexity index is 525. The fraction of sp³-hybridized carbons (Fsp3) is 0.462. The van der Waals surface area contributed by atoms with Crippen LogP contribution in [-0.2, 0) is 32.4 Å². The van der Waals surface area contributed by atoms with Gasteiger partial charge in [0, 0.05) is 6.54 Å². The third kappa shape index (κ3) is 6.35. The highest BCUT2D eigenvalue weighted by Gasteiger charge is 2.07. The van der Waals surface area contributed by atoms with Gasteiger partial charge >= 0.3 is 5.97 Å². The highest BCUT2D eigenvalue weighted by atomic mass is 32.2. The van der Waals surface area contributed by atoms with E-state index in [0.717, 1.165) is 23.8 Å². The first-order valence-corrected chi connectivity index (χ1v) is 7.90. The maximum Gasteiger partial charge on any atom is 0.309 e. The third-order valence-corrected chi connectivity index (χ3v) is 3.40. The normalized spacial score (nSPS) is 11.3. The van der Waals surface area contributed by atoms with Crippen LogP contribution >= 0.6 is 0 Å². The molecule has 1 aromatic carbocycles. The minimum atomic E-state index is -3.14. The van der Waals surface area contributed by atoms with Gasteiger partial charge in [-0.1, -0.05) is 24.3 Å². The van der Waals surface area contributed by atoms with Gasteiger partial charge in [0.2, 0.25) is 10.0 Å². The number of hydrogen-bond donors (Lipinski definition) is 1. The molecule has 19 heavy (non-hydrogen) atoms. The molecule has 0 radical (unpaired) electrons. The molecule has 1 aromatic rings. The summed E-state index contributed by atoms with van der Waals surface area (Å²) >= 11 is 0. The molecular weight excluding hydrogens is 266 g/mol. The van der Waals surface area contributed by atoms with Crippen molar-refractivity contribution in [2.45, 2.75) is 19.3 Å². The zero-order valence-electron chi connectivity index (χ0n) is 11.2. The molecule has 0 heterocycles. The summed E-state index contributed by atoms with van der Waals surface area (Å²) < 4.78 is 28.9. The summed E-state index contributed by atoms with van der Waals surface area (Å²) in [5, 5.41) is 0. The molecule has 0 aliphatic rings. The second-order valence-electron chi connectivity index (χ2n) is 4.29. The SMILES string of the molecule is COC(=O)Cc1ccccc1CCCNS(C)(=O)=O. The molecular formula is C13H19NO4S. The van der Waals surface area contributed by atoms with Crippen molar-refractivity contribution in [1.82, 2.24) is 4.72 Å². The van der Waals surface area contributed by atoms with Crippen LogP contribution in [-0.4, -0.2) is 34.3 Å². The lowest BCUT2D eigenvalue weighted by molar-refractivity contribution is -0.139. The van der Waals surface area contributed by atoms with Crippen LogP contribution in [0, 0.1) is 0 Å². The van der Waals surface area contributed by atoms with E-state index in [9.17, 15) is 13.2 Å². The third-order valence-electron chi connectivity index (χ3n) is 2.67. The van der Waals surface area contributed by atoms with E-state index in [-0.39, 0.29) is 12.4 Å². The number of carbonyl (C=O) groups excluding carboxylic acids is 1. The van der Waals surface area contributed by atoms with E-state index in [1.54, 1.807) is 0 Å². The fourth-order valence-corrected chi connectivity index (χ4v) is 2.25. The van der Waals surface area contributed by atoms with Crippen molar-refractivity contribution >= 4 is 16.0 Å². The van der Waals surface area contributed by atoms with E-state index >= 15 is 0 Å². The van der Waals surface area contributed by atoms with Crippen LogP contribution in [0.2, 0.25) is 0 Å². The van der Waals surface area contributed by atoms with E-state index in [4.69, 9.17) is 0 Å². The Morgan fingerprint density at radius 3 is 2.47 bits per heavy atom. The number of hydrogen-bond acceptors (Lipinski definition) is 4. The average molecular weight is 285 g/mol. The minimum absolute atomic E-state index is 0.242. The van der Waals surface area contributed by atoms with Gasteiger partial charge in [-0.2, -0.15) is 0 Å². The lowest BCUT2D eigenvalue weighted by Gasteiger charge is -2.08. The van der Waals surface area contributed by atoms with E-state index in [1.807, 2.05) is 24.3 Å². The molecule has 0 aliphatic heterocycles. The molecule has 106 valence electrons. The van der Waals surface area contributed by atoms with Crippen molar-refractivity contribution in [1.29, 1.82) is 0 Å². The first-order chi connectivity index (χ1) is 8.92. The van der Waals surface area contributed by atoms with Crippen molar-refractivity contribution in [3.8, 4) is 0 Å². The summed E-state index contributed by atoms with van der Waals surface area (Å²) in [5.74, 6) is -0.276. The number of aryl methyl sites for hydroxylation is 1. The summed E-state index contributed by atoms with van der Waals surface area (Å²) in [4.78, 5) is 11.3. The van der Waals surface area contributed by atoms with Crippen LogP contribution in [0.3, 0.4) is 0 Å². The van der Waals surface area contributed by atoms with Crippen molar-refractivity contribution in [3.05, 3.63) is 35.4 Å². The molecule has 1 N–H and O–H groups in total. The maximum atomic E-state index is 11.3. The molecule has 1 rings (SSSR count). The van der Waals surface area contributed by atoms with Gasteiger partial charge in [0.15, 0.2) is 0 Å². The Labute approximate surface area is 114 Å². The number of sulfonamides is 1. The summed E-state index contributed by atoms with van der Waals surface area (Å²) in [7, 11) is -1.77. The van der Waals surface area contributed by atoms with E-state index in [1.165, 1.54) is 7.11 Å². The highest BCUT2D eigenvalue weighted by Crippen LogP contribution is 2.12. The maximum absolute atomic E-state index is 11.3. The molecule has 0 atom stereocenters. The van der Waals surface area contributed by atoms with Gasteiger partial charge in [-0.15, -0.1) is 0 Å².